The number of rotatable bonds is 11. The Morgan fingerprint density at radius 3 is 2.08 bits per heavy atom. The SMILES string of the molecule is Cc1cccc(CN(C(=O)CN(c2ccccc2)S(=O)(=O)c2ccccc2)[C@H](C)C(=O)NCC(C)C)c1. The van der Waals surface area contributed by atoms with E-state index in [9.17, 15) is 18.0 Å². The van der Waals surface area contributed by atoms with Crippen LogP contribution in [0.5, 0.6) is 0 Å². The highest BCUT2D eigenvalue weighted by atomic mass is 32.2. The van der Waals surface area contributed by atoms with Crippen molar-refractivity contribution < 1.29 is 18.0 Å². The molecule has 0 saturated carbocycles. The average Bonchev–Trinajstić information content (AvgIpc) is 2.89. The Bertz CT molecular complexity index is 1290. The summed E-state index contributed by atoms with van der Waals surface area (Å²) in [5.41, 5.74) is 2.25. The summed E-state index contributed by atoms with van der Waals surface area (Å²) < 4.78 is 28.4. The Morgan fingerprint density at radius 2 is 1.49 bits per heavy atom. The Kier molecular flexibility index (Phi) is 9.47. The summed E-state index contributed by atoms with van der Waals surface area (Å²) in [6.45, 7) is 7.81. The number of sulfonamides is 1. The van der Waals surface area contributed by atoms with Crippen LogP contribution in [0, 0.1) is 12.8 Å². The fraction of sp³-hybridized carbons (Fsp3) is 0.310. The second kappa shape index (κ2) is 12.5. The number of hydrogen-bond acceptors (Lipinski definition) is 4. The van der Waals surface area contributed by atoms with E-state index in [2.05, 4.69) is 5.32 Å². The molecule has 0 saturated heterocycles. The van der Waals surface area contributed by atoms with Crippen molar-refractivity contribution in [2.75, 3.05) is 17.4 Å². The molecule has 3 aromatic carbocycles. The maximum absolute atomic E-state index is 13.8. The average molecular weight is 522 g/mol. The predicted molar refractivity (Wildman–Crippen MR) is 146 cm³/mol. The smallest absolute Gasteiger partial charge is 0.264 e. The quantitative estimate of drug-likeness (QED) is 0.406. The van der Waals surface area contributed by atoms with E-state index >= 15 is 0 Å². The molecule has 0 aromatic heterocycles. The number of aryl methyl sites for hydroxylation is 1. The molecule has 0 aliphatic rings. The lowest BCUT2D eigenvalue weighted by molar-refractivity contribution is -0.139. The third kappa shape index (κ3) is 7.43. The Morgan fingerprint density at radius 1 is 0.865 bits per heavy atom. The second-order valence-electron chi connectivity index (χ2n) is 9.49. The van der Waals surface area contributed by atoms with E-state index < -0.39 is 28.5 Å². The molecule has 0 unspecified atom stereocenters. The number of carbonyl (C=O) groups excluding carboxylic acids is 2. The summed E-state index contributed by atoms with van der Waals surface area (Å²) in [6, 6.07) is 23.4. The third-order valence-corrected chi connectivity index (χ3v) is 7.73. The zero-order chi connectivity index (χ0) is 27.0. The van der Waals surface area contributed by atoms with Gasteiger partial charge in [-0.2, -0.15) is 0 Å². The van der Waals surface area contributed by atoms with Crippen LogP contribution in [0.3, 0.4) is 0 Å². The topological polar surface area (TPSA) is 86.8 Å². The first-order valence-corrected chi connectivity index (χ1v) is 13.8. The van der Waals surface area contributed by atoms with Crippen LogP contribution in [0.2, 0.25) is 0 Å². The molecule has 0 fully saturated rings. The van der Waals surface area contributed by atoms with E-state index in [1.807, 2.05) is 45.0 Å². The molecule has 3 aromatic rings. The van der Waals surface area contributed by atoms with Crippen LogP contribution < -0.4 is 9.62 Å². The molecule has 37 heavy (non-hydrogen) atoms. The zero-order valence-corrected chi connectivity index (χ0v) is 22.6. The molecule has 1 N–H and O–H groups in total. The van der Waals surface area contributed by atoms with Crippen molar-refractivity contribution >= 4 is 27.5 Å². The summed E-state index contributed by atoms with van der Waals surface area (Å²) in [5, 5.41) is 2.89. The van der Waals surface area contributed by atoms with E-state index in [-0.39, 0.29) is 23.3 Å². The molecular formula is C29H35N3O4S. The molecule has 8 heteroatoms. The molecule has 0 aliphatic heterocycles. The Labute approximate surface area is 220 Å². The number of para-hydroxylation sites is 1. The van der Waals surface area contributed by atoms with Gasteiger partial charge in [-0.3, -0.25) is 13.9 Å². The highest BCUT2D eigenvalue weighted by Crippen LogP contribution is 2.24. The number of benzene rings is 3. The summed E-state index contributed by atoms with van der Waals surface area (Å²) in [6.07, 6.45) is 0. The van der Waals surface area contributed by atoms with Gasteiger partial charge in [-0.25, -0.2) is 8.42 Å². The van der Waals surface area contributed by atoms with E-state index in [0.717, 1.165) is 15.4 Å². The largest absolute Gasteiger partial charge is 0.354 e. The summed E-state index contributed by atoms with van der Waals surface area (Å²) in [4.78, 5) is 28.3. The minimum Gasteiger partial charge on any atom is -0.354 e. The molecule has 0 heterocycles. The number of amides is 2. The molecule has 1 atom stereocenters. The standard InChI is InChI=1S/C29H35N3O4S/c1-22(2)19-30-29(34)24(4)31(20-25-13-11-12-23(3)18-25)28(33)21-32(26-14-7-5-8-15-26)37(35,36)27-16-9-6-10-17-27/h5-18,22,24H,19-21H2,1-4H3,(H,30,34)/t24-/m1/s1. The van der Waals surface area contributed by atoms with E-state index in [4.69, 9.17) is 0 Å². The third-order valence-electron chi connectivity index (χ3n) is 5.94. The predicted octanol–water partition coefficient (Wildman–Crippen LogP) is 4.38. The molecule has 0 aliphatic carbocycles. The maximum Gasteiger partial charge on any atom is 0.264 e. The highest BCUT2D eigenvalue weighted by molar-refractivity contribution is 7.92. The first-order chi connectivity index (χ1) is 17.6. The number of nitrogens with one attached hydrogen (secondary N) is 1. The lowest BCUT2D eigenvalue weighted by Crippen LogP contribution is -2.51. The van der Waals surface area contributed by atoms with Crippen LogP contribution in [0.25, 0.3) is 0 Å². The number of hydrogen-bond donors (Lipinski definition) is 1. The monoisotopic (exact) mass is 521 g/mol. The molecule has 0 bridgehead atoms. The van der Waals surface area contributed by atoms with Crippen molar-refractivity contribution in [2.24, 2.45) is 5.92 Å². The molecule has 196 valence electrons. The molecule has 0 radical (unpaired) electrons. The van der Waals surface area contributed by atoms with Gasteiger partial charge in [0.2, 0.25) is 11.8 Å². The fourth-order valence-corrected chi connectivity index (χ4v) is 5.32. The van der Waals surface area contributed by atoms with Crippen molar-refractivity contribution in [1.29, 1.82) is 0 Å². The highest BCUT2D eigenvalue weighted by Gasteiger charge is 2.32. The van der Waals surface area contributed by atoms with Gasteiger partial charge in [0.1, 0.15) is 12.6 Å². The van der Waals surface area contributed by atoms with Crippen LogP contribution >= 0.6 is 0 Å². The van der Waals surface area contributed by atoms with E-state index in [0.29, 0.717) is 12.2 Å². The van der Waals surface area contributed by atoms with Crippen LogP contribution in [0.4, 0.5) is 5.69 Å². The fourth-order valence-electron chi connectivity index (χ4n) is 3.88. The van der Waals surface area contributed by atoms with Gasteiger partial charge in [0.05, 0.1) is 10.6 Å². The van der Waals surface area contributed by atoms with Crippen LogP contribution in [-0.4, -0.2) is 44.3 Å². The van der Waals surface area contributed by atoms with Gasteiger partial charge in [-0.15, -0.1) is 0 Å². The van der Waals surface area contributed by atoms with Gasteiger partial charge in [-0.05, 0) is 49.6 Å². The summed E-state index contributed by atoms with van der Waals surface area (Å²) in [5.74, 6) is -0.509. The van der Waals surface area contributed by atoms with Gasteiger partial charge in [0.25, 0.3) is 10.0 Å². The second-order valence-corrected chi connectivity index (χ2v) is 11.3. The molecule has 0 spiro atoms. The van der Waals surface area contributed by atoms with Crippen molar-refractivity contribution in [2.45, 2.75) is 45.2 Å². The van der Waals surface area contributed by atoms with Gasteiger partial charge in [0.15, 0.2) is 0 Å². The maximum atomic E-state index is 13.8. The molecule has 2 amide bonds. The van der Waals surface area contributed by atoms with Crippen molar-refractivity contribution in [3.8, 4) is 0 Å². The van der Waals surface area contributed by atoms with Crippen molar-refractivity contribution in [1.82, 2.24) is 10.2 Å². The van der Waals surface area contributed by atoms with Crippen LogP contribution in [0.15, 0.2) is 89.8 Å². The van der Waals surface area contributed by atoms with Gasteiger partial charge >= 0.3 is 0 Å². The van der Waals surface area contributed by atoms with Crippen LogP contribution in [-0.2, 0) is 26.2 Å². The summed E-state index contributed by atoms with van der Waals surface area (Å²) >= 11 is 0. The Hall–Kier alpha value is -3.65. The first-order valence-electron chi connectivity index (χ1n) is 12.3. The Balaban J connectivity index is 1.97. The van der Waals surface area contributed by atoms with Gasteiger partial charge < -0.3 is 10.2 Å². The minimum absolute atomic E-state index is 0.0830. The van der Waals surface area contributed by atoms with E-state index in [1.165, 1.54) is 17.0 Å². The summed E-state index contributed by atoms with van der Waals surface area (Å²) in [7, 11) is -4.04. The van der Waals surface area contributed by atoms with Crippen LogP contribution in [0.1, 0.15) is 31.9 Å². The number of nitrogens with zero attached hydrogens (tertiary/aromatic N) is 2. The number of carbonyl (C=O) groups is 2. The van der Waals surface area contributed by atoms with Gasteiger partial charge in [-0.1, -0.05) is 80.1 Å². The normalized spacial score (nSPS) is 12.1. The molecule has 3 rings (SSSR count). The lowest BCUT2D eigenvalue weighted by Gasteiger charge is -2.32. The molecule has 7 nitrogen and oxygen atoms in total. The van der Waals surface area contributed by atoms with Crippen molar-refractivity contribution in [3.63, 3.8) is 0 Å². The first kappa shape index (κ1) is 27.9. The zero-order valence-electron chi connectivity index (χ0n) is 21.8. The van der Waals surface area contributed by atoms with Gasteiger partial charge in [0, 0.05) is 13.1 Å². The van der Waals surface area contributed by atoms with Crippen molar-refractivity contribution in [3.05, 3.63) is 96.1 Å². The minimum atomic E-state index is -4.04. The lowest BCUT2D eigenvalue weighted by atomic mass is 10.1. The van der Waals surface area contributed by atoms with E-state index in [1.54, 1.807) is 55.5 Å². The number of anilines is 1. The molecular weight excluding hydrogens is 486 g/mol.